The fourth-order valence-electron chi connectivity index (χ4n) is 1.51. The van der Waals surface area contributed by atoms with Gasteiger partial charge in [0.2, 0.25) is 5.88 Å². The molecule has 0 unspecified atom stereocenters. The van der Waals surface area contributed by atoms with Crippen molar-refractivity contribution in [3.8, 4) is 11.6 Å². The summed E-state index contributed by atoms with van der Waals surface area (Å²) in [6.45, 7) is 4.70. The van der Waals surface area contributed by atoms with E-state index in [4.69, 9.17) is 21.1 Å². The van der Waals surface area contributed by atoms with Crippen LogP contribution in [0.5, 0.6) is 11.6 Å². The van der Waals surface area contributed by atoms with E-state index in [1.165, 1.54) is 5.56 Å². The maximum Gasteiger partial charge on any atom is 0.218 e. The fraction of sp³-hybridized carbons (Fsp3) is 0.286. The second-order valence-electron chi connectivity index (χ2n) is 3.98. The van der Waals surface area contributed by atoms with E-state index in [2.05, 4.69) is 9.97 Å². The van der Waals surface area contributed by atoms with Crippen molar-refractivity contribution in [2.75, 3.05) is 6.61 Å². The summed E-state index contributed by atoms with van der Waals surface area (Å²) in [5, 5.41) is 0.348. The third-order valence-electron chi connectivity index (χ3n) is 2.40. The number of rotatable bonds is 5. The van der Waals surface area contributed by atoms with Gasteiger partial charge in [0.1, 0.15) is 17.5 Å². The summed E-state index contributed by atoms with van der Waals surface area (Å²) in [6, 6.07) is 9.37. The molecule has 5 heteroatoms. The molecule has 0 aliphatic rings. The number of benzene rings is 1. The molecule has 4 nitrogen and oxygen atoms in total. The van der Waals surface area contributed by atoms with Crippen molar-refractivity contribution >= 4 is 11.6 Å². The molecule has 2 rings (SSSR count). The third kappa shape index (κ3) is 4.10. The van der Waals surface area contributed by atoms with Crippen molar-refractivity contribution in [2.24, 2.45) is 0 Å². The van der Waals surface area contributed by atoms with Gasteiger partial charge in [0.05, 0.1) is 6.61 Å². The highest BCUT2D eigenvalue weighted by molar-refractivity contribution is 6.29. The van der Waals surface area contributed by atoms with Crippen LogP contribution in [0.2, 0.25) is 5.15 Å². The summed E-state index contributed by atoms with van der Waals surface area (Å²) in [7, 11) is 0. The maximum absolute atomic E-state index is 5.90. The second kappa shape index (κ2) is 6.38. The Hall–Kier alpha value is -1.81. The Morgan fingerprint density at radius 2 is 1.84 bits per heavy atom. The van der Waals surface area contributed by atoms with Gasteiger partial charge in [-0.05, 0) is 26.0 Å². The minimum atomic E-state index is 0.254. The van der Waals surface area contributed by atoms with Gasteiger partial charge in [0.15, 0.2) is 5.82 Å². The van der Waals surface area contributed by atoms with Crippen LogP contribution in [0.4, 0.5) is 0 Å². The number of nitrogens with zero attached hydrogens (tertiary/aromatic N) is 2. The van der Waals surface area contributed by atoms with Crippen LogP contribution in [0.15, 0.2) is 30.3 Å². The summed E-state index contributed by atoms with van der Waals surface area (Å²) in [4.78, 5) is 8.31. The number of aryl methyl sites for hydroxylation is 1. The Bertz CT molecular complexity index is 544. The molecule has 1 aromatic heterocycles. The Balaban J connectivity index is 2.04. The summed E-state index contributed by atoms with van der Waals surface area (Å²) < 4.78 is 10.9. The van der Waals surface area contributed by atoms with Crippen molar-refractivity contribution < 1.29 is 9.47 Å². The molecule has 0 atom stereocenters. The molecule has 2 aromatic rings. The van der Waals surface area contributed by atoms with Crippen LogP contribution in [0.1, 0.15) is 18.3 Å². The van der Waals surface area contributed by atoms with E-state index in [0.29, 0.717) is 23.5 Å². The molecule has 0 fully saturated rings. The highest BCUT2D eigenvalue weighted by atomic mass is 35.5. The van der Waals surface area contributed by atoms with Crippen molar-refractivity contribution in [3.63, 3.8) is 0 Å². The number of halogens is 1. The van der Waals surface area contributed by atoms with Gasteiger partial charge < -0.3 is 9.47 Å². The molecule has 0 amide bonds. The van der Waals surface area contributed by atoms with Crippen LogP contribution in [0.3, 0.4) is 0 Å². The summed E-state index contributed by atoms with van der Waals surface area (Å²) in [6.07, 6.45) is 0. The van der Waals surface area contributed by atoms with Crippen molar-refractivity contribution in [1.29, 1.82) is 0 Å². The summed E-state index contributed by atoms with van der Waals surface area (Å²) in [5.41, 5.74) is 1.19. The lowest BCUT2D eigenvalue weighted by molar-refractivity contribution is 0.286. The lowest BCUT2D eigenvalue weighted by atomic mass is 10.2. The Morgan fingerprint density at radius 1 is 1.11 bits per heavy atom. The predicted molar refractivity (Wildman–Crippen MR) is 73.7 cm³/mol. The average Bonchev–Trinajstić information content (AvgIpc) is 2.38. The van der Waals surface area contributed by atoms with Crippen LogP contribution in [0.25, 0.3) is 0 Å². The highest BCUT2D eigenvalue weighted by Crippen LogP contribution is 2.16. The van der Waals surface area contributed by atoms with E-state index in [0.717, 1.165) is 5.75 Å². The smallest absolute Gasteiger partial charge is 0.218 e. The molecule has 100 valence electrons. The Kier molecular flexibility index (Phi) is 4.58. The molecule has 0 saturated carbocycles. The van der Waals surface area contributed by atoms with E-state index >= 15 is 0 Å². The van der Waals surface area contributed by atoms with Crippen LogP contribution in [-0.4, -0.2) is 16.6 Å². The standard InChI is InChI=1S/C14H15ClN2O2/c1-3-18-14-8-12(15)16-13(17-14)9-19-11-6-4-10(2)5-7-11/h4-8H,3,9H2,1-2H3. The zero-order chi connectivity index (χ0) is 13.7. The number of aromatic nitrogens is 2. The first-order valence-corrected chi connectivity index (χ1v) is 6.41. The van der Waals surface area contributed by atoms with E-state index in [1.54, 1.807) is 6.07 Å². The van der Waals surface area contributed by atoms with Crippen LogP contribution in [0, 0.1) is 6.92 Å². The molecule has 0 radical (unpaired) electrons. The lowest BCUT2D eigenvalue weighted by Crippen LogP contribution is -2.04. The first kappa shape index (κ1) is 13.6. The largest absolute Gasteiger partial charge is 0.486 e. The molecule has 0 N–H and O–H groups in total. The van der Waals surface area contributed by atoms with Gasteiger partial charge in [0, 0.05) is 6.07 Å². The molecule has 0 spiro atoms. The number of hydrogen-bond donors (Lipinski definition) is 0. The average molecular weight is 279 g/mol. The van der Waals surface area contributed by atoms with Gasteiger partial charge in [-0.3, -0.25) is 0 Å². The topological polar surface area (TPSA) is 44.2 Å². The summed E-state index contributed by atoms with van der Waals surface area (Å²) in [5.74, 6) is 1.73. The minimum Gasteiger partial charge on any atom is -0.486 e. The zero-order valence-electron chi connectivity index (χ0n) is 10.9. The molecule has 1 aromatic carbocycles. The number of hydrogen-bond acceptors (Lipinski definition) is 4. The second-order valence-corrected chi connectivity index (χ2v) is 4.37. The van der Waals surface area contributed by atoms with Crippen LogP contribution in [-0.2, 0) is 6.61 Å². The fourth-order valence-corrected chi connectivity index (χ4v) is 1.70. The SMILES string of the molecule is CCOc1cc(Cl)nc(COc2ccc(C)cc2)n1. The number of ether oxygens (including phenoxy) is 2. The van der Waals surface area contributed by atoms with Gasteiger partial charge >= 0.3 is 0 Å². The maximum atomic E-state index is 5.90. The van der Waals surface area contributed by atoms with E-state index in [-0.39, 0.29) is 6.61 Å². The molecule has 0 bridgehead atoms. The van der Waals surface area contributed by atoms with Gasteiger partial charge in [-0.1, -0.05) is 29.3 Å². The Morgan fingerprint density at radius 3 is 2.53 bits per heavy atom. The van der Waals surface area contributed by atoms with Crippen LogP contribution < -0.4 is 9.47 Å². The highest BCUT2D eigenvalue weighted by Gasteiger charge is 2.05. The van der Waals surface area contributed by atoms with E-state index in [9.17, 15) is 0 Å². The molecule has 0 aliphatic heterocycles. The van der Waals surface area contributed by atoms with E-state index in [1.807, 2.05) is 38.1 Å². The van der Waals surface area contributed by atoms with Gasteiger partial charge in [-0.15, -0.1) is 0 Å². The Labute approximate surface area is 117 Å². The van der Waals surface area contributed by atoms with Gasteiger partial charge in [0.25, 0.3) is 0 Å². The van der Waals surface area contributed by atoms with Crippen molar-refractivity contribution in [1.82, 2.24) is 9.97 Å². The lowest BCUT2D eigenvalue weighted by Gasteiger charge is -2.07. The van der Waals surface area contributed by atoms with E-state index < -0.39 is 0 Å². The molecule has 0 saturated heterocycles. The quantitative estimate of drug-likeness (QED) is 0.786. The third-order valence-corrected chi connectivity index (χ3v) is 2.59. The van der Waals surface area contributed by atoms with Crippen molar-refractivity contribution in [2.45, 2.75) is 20.5 Å². The normalized spacial score (nSPS) is 10.3. The molecule has 1 heterocycles. The predicted octanol–water partition coefficient (Wildman–Crippen LogP) is 3.42. The zero-order valence-corrected chi connectivity index (χ0v) is 11.6. The monoisotopic (exact) mass is 278 g/mol. The first-order chi connectivity index (χ1) is 9.17. The van der Waals surface area contributed by atoms with Gasteiger partial charge in [-0.25, -0.2) is 4.98 Å². The molecule has 19 heavy (non-hydrogen) atoms. The van der Waals surface area contributed by atoms with Crippen LogP contribution >= 0.6 is 11.6 Å². The molecular weight excluding hydrogens is 264 g/mol. The molecule has 0 aliphatic carbocycles. The summed E-state index contributed by atoms with van der Waals surface area (Å²) >= 11 is 5.90. The first-order valence-electron chi connectivity index (χ1n) is 6.03. The molecular formula is C14H15ClN2O2. The minimum absolute atomic E-state index is 0.254. The van der Waals surface area contributed by atoms with Crippen molar-refractivity contribution in [3.05, 3.63) is 46.9 Å². The van der Waals surface area contributed by atoms with Gasteiger partial charge in [-0.2, -0.15) is 4.98 Å².